The lowest BCUT2D eigenvalue weighted by atomic mass is 10.1. The van der Waals surface area contributed by atoms with Crippen LogP contribution in [-0.2, 0) is 6.54 Å². The molecule has 0 atom stereocenters. The Bertz CT molecular complexity index is 750. The van der Waals surface area contributed by atoms with Crippen LogP contribution in [-0.4, -0.2) is 41.9 Å². The van der Waals surface area contributed by atoms with Gasteiger partial charge in [0.2, 0.25) is 0 Å². The molecule has 24 heavy (non-hydrogen) atoms. The quantitative estimate of drug-likeness (QED) is 0.783. The number of benzene rings is 1. The van der Waals surface area contributed by atoms with Gasteiger partial charge in [-0.15, -0.1) is 11.3 Å². The first-order chi connectivity index (χ1) is 11.7. The number of hydrogen-bond acceptors (Lipinski definition) is 4. The Balaban J connectivity index is 1.58. The summed E-state index contributed by atoms with van der Waals surface area (Å²) < 4.78 is 0.989. The SMILES string of the molecule is N#Cc1ccc(CN2CCCN(C(=O)c3ccc(Br)s3)CC2)cc1. The predicted molar refractivity (Wildman–Crippen MR) is 99.0 cm³/mol. The topological polar surface area (TPSA) is 47.3 Å². The summed E-state index contributed by atoms with van der Waals surface area (Å²) in [5.41, 5.74) is 1.89. The summed E-state index contributed by atoms with van der Waals surface area (Å²) in [5, 5.41) is 8.86. The third kappa shape index (κ3) is 4.23. The zero-order chi connectivity index (χ0) is 16.9. The van der Waals surface area contributed by atoms with Crippen molar-refractivity contribution in [1.29, 1.82) is 5.26 Å². The molecule has 2 aromatic rings. The maximum absolute atomic E-state index is 12.6. The summed E-state index contributed by atoms with van der Waals surface area (Å²) in [4.78, 5) is 17.7. The molecule has 1 aliphatic heterocycles. The van der Waals surface area contributed by atoms with Crippen molar-refractivity contribution in [1.82, 2.24) is 9.80 Å². The fourth-order valence-electron chi connectivity index (χ4n) is 2.86. The van der Waals surface area contributed by atoms with Crippen molar-refractivity contribution in [2.24, 2.45) is 0 Å². The second-order valence-corrected chi connectivity index (χ2v) is 8.30. The van der Waals surface area contributed by atoms with Gasteiger partial charge < -0.3 is 4.90 Å². The van der Waals surface area contributed by atoms with Gasteiger partial charge in [0.25, 0.3) is 5.91 Å². The monoisotopic (exact) mass is 403 g/mol. The smallest absolute Gasteiger partial charge is 0.264 e. The molecule has 0 saturated carbocycles. The highest BCUT2D eigenvalue weighted by Crippen LogP contribution is 2.23. The number of hydrogen-bond donors (Lipinski definition) is 0. The molecule has 0 N–H and O–H groups in total. The van der Waals surface area contributed by atoms with Crippen molar-refractivity contribution in [3.8, 4) is 6.07 Å². The molecule has 6 heteroatoms. The maximum atomic E-state index is 12.6. The molecule has 1 fully saturated rings. The van der Waals surface area contributed by atoms with Crippen LogP contribution in [0.5, 0.6) is 0 Å². The van der Waals surface area contributed by atoms with E-state index in [0.717, 1.165) is 47.8 Å². The molecule has 1 aromatic heterocycles. The standard InChI is InChI=1S/C18H18BrN3OS/c19-17-7-6-16(24-17)18(23)22-9-1-8-21(10-11-22)13-15-4-2-14(12-20)3-5-15/h2-7H,1,8-11,13H2. The molecule has 124 valence electrons. The van der Waals surface area contributed by atoms with Gasteiger partial charge in [0.05, 0.1) is 20.3 Å². The van der Waals surface area contributed by atoms with Crippen LogP contribution in [0.3, 0.4) is 0 Å². The van der Waals surface area contributed by atoms with Crippen molar-refractivity contribution in [2.75, 3.05) is 26.2 Å². The molecule has 2 heterocycles. The van der Waals surface area contributed by atoms with Crippen molar-refractivity contribution < 1.29 is 4.79 Å². The molecule has 0 unspecified atom stereocenters. The minimum absolute atomic E-state index is 0.130. The van der Waals surface area contributed by atoms with Crippen LogP contribution < -0.4 is 0 Å². The van der Waals surface area contributed by atoms with Gasteiger partial charge in [0, 0.05) is 32.7 Å². The number of halogens is 1. The predicted octanol–water partition coefficient (Wildman–Crippen LogP) is 3.73. The van der Waals surface area contributed by atoms with Crippen molar-refractivity contribution in [3.63, 3.8) is 0 Å². The molecule has 1 amide bonds. The Morgan fingerprint density at radius 3 is 2.58 bits per heavy atom. The van der Waals surface area contributed by atoms with E-state index in [9.17, 15) is 4.79 Å². The fraction of sp³-hybridized carbons (Fsp3) is 0.333. The summed E-state index contributed by atoms with van der Waals surface area (Å²) in [5.74, 6) is 0.130. The van der Waals surface area contributed by atoms with Gasteiger partial charge in [-0.25, -0.2) is 0 Å². The zero-order valence-corrected chi connectivity index (χ0v) is 15.6. The Labute approximate surface area is 154 Å². The normalized spacial score (nSPS) is 15.8. The van der Waals surface area contributed by atoms with Gasteiger partial charge in [0.15, 0.2) is 0 Å². The molecule has 0 radical (unpaired) electrons. The molecule has 0 aliphatic carbocycles. The molecule has 1 aromatic carbocycles. The maximum Gasteiger partial charge on any atom is 0.264 e. The third-order valence-electron chi connectivity index (χ3n) is 4.15. The van der Waals surface area contributed by atoms with E-state index in [2.05, 4.69) is 26.9 Å². The van der Waals surface area contributed by atoms with Crippen molar-refractivity contribution in [2.45, 2.75) is 13.0 Å². The molecule has 0 spiro atoms. The molecular formula is C18H18BrN3OS. The highest BCUT2D eigenvalue weighted by atomic mass is 79.9. The number of nitrogens with zero attached hydrogens (tertiary/aromatic N) is 3. The van der Waals surface area contributed by atoms with Crippen LogP contribution in [0, 0.1) is 11.3 Å². The van der Waals surface area contributed by atoms with E-state index in [1.165, 1.54) is 16.9 Å². The van der Waals surface area contributed by atoms with Crippen molar-refractivity contribution in [3.05, 3.63) is 56.2 Å². The first kappa shape index (κ1) is 17.2. The number of amides is 1. The zero-order valence-electron chi connectivity index (χ0n) is 13.2. The van der Waals surface area contributed by atoms with E-state index in [-0.39, 0.29) is 5.91 Å². The van der Waals surface area contributed by atoms with Gasteiger partial charge in [-0.3, -0.25) is 9.69 Å². The average Bonchev–Trinajstić information content (AvgIpc) is 2.90. The van der Waals surface area contributed by atoms with Crippen LogP contribution >= 0.6 is 27.3 Å². The average molecular weight is 404 g/mol. The number of rotatable bonds is 3. The molecule has 0 bridgehead atoms. The highest BCUT2D eigenvalue weighted by molar-refractivity contribution is 9.11. The second-order valence-electron chi connectivity index (χ2n) is 5.83. The van der Waals surface area contributed by atoms with E-state index in [1.807, 2.05) is 41.3 Å². The Morgan fingerprint density at radius 1 is 1.12 bits per heavy atom. The van der Waals surface area contributed by atoms with Crippen LogP contribution in [0.25, 0.3) is 0 Å². The summed E-state index contributed by atoms with van der Waals surface area (Å²) in [6, 6.07) is 13.7. The van der Waals surface area contributed by atoms with Crippen LogP contribution in [0.15, 0.2) is 40.2 Å². The number of thiophene rings is 1. The summed E-state index contributed by atoms with van der Waals surface area (Å²) in [6.45, 7) is 4.28. The van der Waals surface area contributed by atoms with E-state index < -0.39 is 0 Å². The largest absolute Gasteiger partial charge is 0.337 e. The van der Waals surface area contributed by atoms with Crippen LogP contribution in [0.1, 0.15) is 27.2 Å². The van der Waals surface area contributed by atoms with Gasteiger partial charge in [-0.05, 0) is 52.2 Å². The Morgan fingerprint density at radius 2 is 1.92 bits per heavy atom. The van der Waals surface area contributed by atoms with E-state index >= 15 is 0 Å². The highest BCUT2D eigenvalue weighted by Gasteiger charge is 2.21. The summed E-state index contributed by atoms with van der Waals surface area (Å²) in [6.07, 6.45) is 0.981. The van der Waals surface area contributed by atoms with Gasteiger partial charge in [-0.2, -0.15) is 5.26 Å². The third-order valence-corrected chi connectivity index (χ3v) is 5.76. The number of carbonyl (C=O) groups is 1. The van der Waals surface area contributed by atoms with Gasteiger partial charge in [-0.1, -0.05) is 12.1 Å². The fourth-order valence-corrected chi connectivity index (χ4v) is 4.21. The number of nitriles is 1. The van der Waals surface area contributed by atoms with Crippen LogP contribution in [0.4, 0.5) is 0 Å². The Kier molecular flexibility index (Phi) is 5.67. The Hall–Kier alpha value is -1.68. The van der Waals surface area contributed by atoms with Crippen molar-refractivity contribution >= 4 is 33.2 Å². The molecule has 4 nitrogen and oxygen atoms in total. The molecule has 3 rings (SSSR count). The summed E-state index contributed by atoms with van der Waals surface area (Å²) in [7, 11) is 0. The molecular weight excluding hydrogens is 386 g/mol. The minimum atomic E-state index is 0.130. The lowest BCUT2D eigenvalue weighted by Crippen LogP contribution is -2.34. The lowest BCUT2D eigenvalue weighted by molar-refractivity contribution is 0.0766. The molecule has 1 aliphatic rings. The lowest BCUT2D eigenvalue weighted by Gasteiger charge is -2.21. The molecule has 1 saturated heterocycles. The van der Waals surface area contributed by atoms with Crippen LogP contribution in [0.2, 0.25) is 0 Å². The van der Waals surface area contributed by atoms with Gasteiger partial charge >= 0.3 is 0 Å². The van der Waals surface area contributed by atoms with E-state index in [1.54, 1.807) is 0 Å². The number of carbonyl (C=O) groups excluding carboxylic acids is 1. The van der Waals surface area contributed by atoms with Gasteiger partial charge in [0.1, 0.15) is 0 Å². The first-order valence-corrected chi connectivity index (χ1v) is 9.52. The second kappa shape index (κ2) is 7.93. The first-order valence-electron chi connectivity index (χ1n) is 7.92. The minimum Gasteiger partial charge on any atom is -0.337 e. The summed E-state index contributed by atoms with van der Waals surface area (Å²) >= 11 is 4.90. The van der Waals surface area contributed by atoms with E-state index in [0.29, 0.717) is 5.56 Å². The van der Waals surface area contributed by atoms with E-state index in [4.69, 9.17) is 5.26 Å².